The molecule has 0 atom stereocenters. The normalized spacial score (nSPS) is 11.6. The van der Waals surface area contributed by atoms with Crippen LogP contribution in [0, 0.1) is 10.1 Å². The third kappa shape index (κ3) is 4.96. The first kappa shape index (κ1) is 28.2. The Morgan fingerprint density at radius 1 is 0.872 bits per heavy atom. The number of carbonyl (C=O) groups is 5. The topological polar surface area (TPSA) is 200 Å². The summed E-state index contributed by atoms with van der Waals surface area (Å²) in [5, 5.41) is 14.3. The van der Waals surface area contributed by atoms with E-state index in [2.05, 4.69) is 10.3 Å². The molecule has 0 radical (unpaired) electrons. The molecule has 0 aliphatic carbocycles. The molecule has 39 heavy (non-hydrogen) atoms. The van der Waals surface area contributed by atoms with Gasteiger partial charge in [-0.2, -0.15) is 0 Å². The number of carbonyl (C=O) groups excluding carboxylic acids is 5. The third-order valence-electron chi connectivity index (χ3n) is 5.45. The SMILES string of the molecule is CCOC(=O)c1c(C(=O)OC)c(C(=O)OC)nc2c1C(C(=O)OC)=C(C(=O)OC)Nc1ccc([N+](=O)[O-])cc1-2. The van der Waals surface area contributed by atoms with Crippen molar-refractivity contribution in [3.63, 3.8) is 0 Å². The highest BCUT2D eigenvalue weighted by molar-refractivity contribution is 6.29. The average molecular weight is 543 g/mol. The standard InChI is InChI=1S/C24H21N3O12/c1-6-39-22(30)14-13-15(20(28)35-2)18(23(31)37-4)25-12-8-7-10(27(33)34)9-11(12)17(13)26-19(24(32)38-5)16(14)21(29)36-3/h7-9,25H,6H2,1-5H3. The van der Waals surface area contributed by atoms with Crippen molar-refractivity contribution in [2.45, 2.75) is 6.92 Å². The molecule has 0 saturated carbocycles. The maximum atomic E-state index is 13.4. The highest BCUT2D eigenvalue weighted by Gasteiger charge is 2.41. The smallest absolute Gasteiger partial charge is 0.357 e. The lowest BCUT2D eigenvalue weighted by molar-refractivity contribution is -0.384. The van der Waals surface area contributed by atoms with E-state index in [1.807, 2.05) is 0 Å². The van der Waals surface area contributed by atoms with Crippen LogP contribution in [0.4, 0.5) is 11.4 Å². The first-order chi connectivity index (χ1) is 18.6. The van der Waals surface area contributed by atoms with Crippen molar-refractivity contribution in [3.8, 4) is 11.3 Å². The Bertz CT molecular complexity index is 1460. The number of fused-ring (bicyclic) bond motifs is 3. The molecule has 1 aromatic heterocycles. The second-order valence-corrected chi connectivity index (χ2v) is 7.48. The second kappa shape index (κ2) is 11.4. The summed E-state index contributed by atoms with van der Waals surface area (Å²) in [4.78, 5) is 80.3. The van der Waals surface area contributed by atoms with Crippen LogP contribution in [0.2, 0.25) is 0 Å². The van der Waals surface area contributed by atoms with Crippen LogP contribution in [0.15, 0.2) is 23.9 Å². The lowest BCUT2D eigenvalue weighted by Crippen LogP contribution is -2.25. The van der Waals surface area contributed by atoms with Crippen molar-refractivity contribution < 1.29 is 52.6 Å². The molecule has 0 fully saturated rings. The Morgan fingerprint density at radius 3 is 2.03 bits per heavy atom. The van der Waals surface area contributed by atoms with Gasteiger partial charge in [0.05, 0.1) is 51.2 Å². The van der Waals surface area contributed by atoms with Crippen LogP contribution in [-0.2, 0) is 33.3 Å². The van der Waals surface area contributed by atoms with Gasteiger partial charge in [0.2, 0.25) is 0 Å². The van der Waals surface area contributed by atoms with Gasteiger partial charge in [-0.05, 0) is 13.0 Å². The van der Waals surface area contributed by atoms with Crippen LogP contribution in [0.5, 0.6) is 0 Å². The molecule has 1 N–H and O–H groups in total. The van der Waals surface area contributed by atoms with Gasteiger partial charge in [-0.25, -0.2) is 29.0 Å². The van der Waals surface area contributed by atoms with E-state index < -0.39 is 79.8 Å². The average Bonchev–Trinajstić information content (AvgIpc) is 3.08. The van der Waals surface area contributed by atoms with Gasteiger partial charge in [-0.1, -0.05) is 0 Å². The van der Waals surface area contributed by atoms with Gasteiger partial charge in [0.15, 0.2) is 5.69 Å². The van der Waals surface area contributed by atoms with E-state index in [-0.39, 0.29) is 17.9 Å². The number of rotatable bonds is 7. The Morgan fingerprint density at radius 2 is 1.49 bits per heavy atom. The molecule has 3 rings (SSSR count). The fraction of sp³-hybridized carbons (Fsp3) is 0.250. The van der Waals surface area contributed by atoms with Gasteiger partial charge in [0, 0.05) is 28.9 Å². The Balaban J connectivity index is 2.76. The third-order valence-corrected chi connectivity index (χ3v) is 5.45. The highest BCUT2D eigenvalue weighted by Crippen LogP contribution is 2.43. The monoisotopic (exact) mass is 543 g/mol. The quantitative estimate of drug-likeness (QED) is 0.230. The summed E-state index contributed by atoms with van der Waals surface area (Å²) in [6.45, 7) is 1.24. The summed E-state index contributed by atoms with van der Waals surface area (Å²) >= 11 is 0. The minimum absolute atomic E-state index is 0.00917. The van der Waals surface area contributed by atoms with Gasteiger partial charge < -0.3 is 29.0 Å². The zero-order valence-corrected chi connectivity index (χ0v) is 21.2. The fourth-order valence-electron chi connectivity index (χ4n) is 3.81. The Kier molecular flexibility index (Phi) is 8.23. The molecule has 0 bridgehead atoms. The summed E-state index contributed by atoms with van der Waals surface area (Å²) < 4.78 is 24.3. The molecular weight excluding hydrogens is 522 g/mol. The van der Waals surface area contributed by atoms with Crippen LogP contribution in [0.25, 0.3) is 16.8 Å². The first-order valence-electron chi connectivity index (χ1n) is 10.9. The molecule has 0 spiro atoms. The number of esters is 5. The van der Waals surface area contributed by atoms with Gasteiger partial charge in [0.25, 0.3) is 5.69 Å². The van der Waals surface area contributed by atoms with E-state index in [4.69, 9.17) is 23.7 Å². The Hall–Kier alpha value is -5.34. The molecule has 1 aliphatic rings. The molecule has 0 amide bonds. The molecular formula is C24H21N3O12. The number of anilines is 1. The number of hydrogen-bond donors (Lipinski definition) is 1. The van der Waals surface area contributed by atoms with Crippen molar-refractivity contribution in [1.29, 1.82) is 0 Å². The maximum Gasteiger partial charge on any atom is 0.357 e. The molecule has 0 saturated heterocycles. The van der Waals surface area contributed by atoms with E-state index in [1.54, 1.807) is 0 Å². The number of benzene rings is 1. The number of nitro groups is 1. The summed E-state index contributed by atoms with van der Waals surface area (Å²) in [6, 6.07) is 3.33. The van der Waals surface area contributed by atoms with Crippen molar-refractivity contribution in [2.24, 2.45) is 0 Å². The molecule has 204 valence electrons. The van der Waals surface area contributed by atoms with E-state index in [9.17, 15) is 34.1 Å². The van der Waals surface area contributed by atoms with E-state index in [0.29, 0.717) is 0 Å². The van der Waals surface area contributed by atoms with Crippen molar-refractivity contribution >= 4 is 46.8 Å². The van der Waals surface area contributed by atoms with Gasteiger partial charge in [0.1, 0.15) is 16.8 Å². The Labute approximate surface area is 219 Å². The number of non-ortho nitro benzene ring substituents is 1. The predicted octanol–water partition coefficient (Wildman–Crippen LogP) is 1.89. The van der Waals surface area contributed by atoms with Crippen LogP contribution >= 0.6 is 0 Å². The molecule has 0 unspecified atom stereocenters. The molecule has 2 heterocycles. The predicted molar refractivity (Wildman–Crippen MR) is 130 cm³/mol. The highest BCUT2D eigenvalue weighted by atomic mass is 16.6. The number of hydrogen-bond acceptors (Lipinski definition) is 14. The van der Waals surface area contributed by atoms with Crippen molar-refractivity contribution in [1.82, 2.24) is 4.98 Å². The molecule has 15 nitrogen and oxygen atoms in total. The van der Waals surface area contributed by atoms with Gasteiger partial charge >= 0.3 is 29.8 Å². The zero-order valence-electron chi connectivity index (χ0n) is 21.2. The molecule has 1 aromatic carbocycles. The largest absolute Gasteiger partial charge is 0.465 e. The fourth-order valence-corrected chi connectivity index (χ4v) is 3.81. The number of nitro benzene ring substituents is 1. The van der Waals surface area contributed by atoms with Gasteiger partial charge in [-0.3, -0.25) is 10.1 Å². The number of aromatic nitrogens is 1. The van der Waals surface area contributed by atoms with E-state index >= 15 is 0 Å². The number of pyridine rings is 1. The van der Waals surface area contributed by atoms with Crippen molar-refractivity contribution in [3.05, 3.63) is 56.4 Å². The summed E-state index contributed by atoms with van der Waals surface area (Å²) in [6.07, 6.45) is 0. The van der Waals surface area contributed by atoms with Crippen LogP contribution < -0.4 is 5.32 Å². The van der Waals surface area contributed by atoms with Crippen LogP contribution in [-0.4, -0.2) is 74.8 Å². The molecule has 15 heteroatoms. The molecule has 1 aliphatic heterocycles. The number of ether oxygens (including phenoxy) is 5. The van der Waals surface area contributed by atoms with Crippen LogP contribution in [0.3, 0.4) is 0 Å². The lowest BCUT2D eigenvalue weighted by Gasteiger charge is -2.19. The van der Waals surface area contributed by atoms with Gasteiger partial charge in [-0.15, -0.1) is 0 Å². The molecule has 2 aromatic rings. The summed E-state index contributed by atoms with van der Waals surface area (Å²) in [7, 11) is 3.94. The lowest BCUT2D eigenvalue weighted by atomic mass is 9.89. The van der Waals surface area contributed by atoms with E-state index in [0.717, 1.165) is 40.6 Å². The van der Waals surface area contributed by atoms with Crippen LogP contribution in [0.1, 0.15) is 43.7 Å². The second-order valence-electron chi connectivity index (χ2n) is 7.48. The number of methoxy groups -OCH3 is 4. The first-order valence-corrected chi connectivity index (χ1v) is 10.9. The number of nitrogens with one attached hydrogen (secondary N) is 1. The maximum absolute atomic E-state index is 13.4. The number of nitrogens with zero attached hydrogens (tertiary/aromatic N) is 2. The zero-order chi connectivity index (χ0) is 29.0. The van der Waals surface area contributed by atoms with Crippen molar-refractivity contribution in [2.75, 3.05) is 40.4 Å². The van der Waals surface area contributed by atoms with E-state index in [1.165, 1.54) is 13.0 Å². The minimum atomic E-state index is -1.24. The summed E-state index contributed by atoms with van der Waals surface area (Å²) in [5.41, 5.74) is -4.89. The minimum Gasteiger partial charge on any atom is -0.465 e. The summed E-state index contributed by atoms with van der Waals surface area (Å²) in [5.74, 6) is -5.96.